The number of halogens is 1. The summed E-state index contributed by atoms with van der Waals surface area (Å²) in [5, 5.41) is 0. The van der Waals surface area contributed by atoms with Crippen LogP contribution in [0.5, 0.6) is 0 Å². The molecule has 1 heterocycles. The molecular weight excluding hydrogens is 185 g/mol. The summed E-state index contributed by atoms with van der Waals surface area (Å²) < 4.78 is 15.5. The van der Waals surface area contributed by atoms with Crippen molar-refractivity contribution < 1.29 is 4.39 Å². The molecule has 0 aliphatic rings. The normalized spacial score (nSPS) is 11.1. The van der Waals surface area contributed by atoms with E-state index in [9.17, 15) is 9.18 Å². The summed E-state index contributed by atoms with van der Waals surface area (Å²) in [7, 11) is 1.60. The fourth-order valence-electron chi connectivity index (χ4n) is 1.49. The van der Waals surface area contributed by atoms with Crippen molar-refractivity contribution in [1.82, 2.24) is 9.24 Å². The maximum atomic E-state index is 13.2. The van der Waals surface area contributed by atoms with E-state index in [4.69, 9.17) is 5.84 Å². The van der Waals surface area contributed by atoms with Crippen LogP contribution in [0.15, 0.2) is 16.9 Å². The number of nitrogens with two attached hydrogens (primary N) is 1. The first kappa shape index (κ1) is 8.80. The lowest BCUT2D eigenvalue weighted by Gasteiger charge is -1.98. The Kier molecular flexibility index (Phi) is 1.64. The second-order valence-electron chi connectivity index (χ2n) is 3.30. The molecule has 0 spiro atoms. The van der Waals surface area contributed by atoms with Gasteiger partial charge in [-0.3, -0.25) is 4.57 Å². The second-order valence-corrected chi connectivity index (χ2v) is 3.30. The minimum absolute atomic E-state index is 0.356. The Morgan fingerprint density at radius 2 is 2.00 bits per heavy atom. The zero-order chi connectivity index (χ0) is 10.5. The highest BCUT2D eigenvalue weighted by molar-refractivity contribution is 5.77. The van der Waals surface area contributed by atoms with Crippen LogP contribution in [-0.2, 0) is 7.05 Å². The Morgan fingerprint density at radius 1 is 1.36 bits per heavy atom. The lowest BCUT2D eigenvalue weighted by molar-refractivity contribution is 0.620. The number of aromatic nitrogens is 2. The molecule has 5 heteroatoms. The molecule has 2 aromatic rings. The van der Waals surface area contributed by atoms with Crippen LogP contribution in [0.2, 0.25) is 0 Å². The zero-order valence-electron chi connectivity index (χ0n) is 7.91. The molecule has 2 N–H and O–H groups in total. The van der Waals surface area contributed by atoms with Crippen molar-refractivity contribution in [3.8, 4) is 0 Å². The first-order chi connectivity index (χ1) is 6.52. The molecule has 0 saturated heterocycles. The largest absolute Gasteiger partial charge is 0.347 e. The second kappa shape index (κ2) is 2.60. The van der Waals surface area contributed by atoms with E-state index in [1.54, 1.807) is 20.0 Å². The molecule has 0 aliphatic carbocycles. The highest BCUT2D eigenvalue weighted by atomic mass is 19.1. The number of imidazole rings is 1. The van der Waals surface area contributed by atoms with Crippen LogP contribution in [0.3, 0.4) is 0 Å². The number of fused-ring (bicyclic) bond motifs is 1. The molecular formula is C9H10FN3O. The van der Waals surface area contributed by atoms with Gasteiger partial charge in [-0.15, -0.1) is 0 Å². The van der Waals surface area contributed by atoms with Gasteiger partial charge < -0.3 is 5.84 Å². The van der Waals surface area contributed by atoms with Crippen molar-refractivity contribution in [2.45, 2.75) is 6.92 Å². The molecule has 1 aromatic carbocycles. The fourth-order valence-corrected chi connectivity index (χ4v) is 1.49. The fraction of sp³-hybridized carbons (Fsp3) is 0.222. The Hall–Kier alpha value is -1.78. The summed E-state index contributed by atoms with van der Waals surface area (Å²) in [6.45, 7) is 1.65. The molecule has 14 heavy (non-hydrogen) atoms. The topological polar surface area (TPSA) is 52.9 Å². The molecule has 0 radical (unpaired) electrons. The van der Waals surface area contributed by atoms with Crippen molar-refractivity contribution >= 4 is 11.0 Å². The molecule has 0 bridgehead atoms. The van der Waals surface area contributed by atoms with Crippen molar-refractivity contribution in [2.75, 3.05) is 5.84 Å². The predicted molar refractivity (Wildman–Crippen MR) is 52.0 cm³/mol. The Morgan fingerprint density at radius 3 is 2.64 bits per heavy atom. The van der Waals surface area contributed by atoms with Gasteiger partial charge in [0, 0.05) is 13.1 Å². The first-order valence-electron chi connectivity index (χ1n) is 4.15. The van der Waals surface area contributed by atoms with Crippen molar-refractivity contribution in [2.24, 2.45) is 7.05 Å². The minimum Gasteiger partial charge on any atom is -0.335 e. The maximum absolute atomic E-state index is 13.2. The highest BCUT2D eigenvalue weighted by Gasteiger charge is 2.10. The molecule has 1 aromatic heterocycles. The van der Waals surface area contributed by atoms with E-state index < -0.39 is 0 Å². The maximum Gasteiger partial charge on any atom is 0.347 e. The van der Waals surface area contributed by atoms with Crippen molar-refractivity contribution in [3.63, 3.8) is 0 Å². The third kappa shape index (κ3) is 0.951. The molecule has 0 atom stereocenters. The molecule has 0 fully saturated rings. The summed E-state index contributed by atoms with van der Waals surface area (Å²) in [5.74, 6) is 5.12. The van der Waals surface area contributed by atoms with Gasteiger partial charge in [-0.25, -0.2) is 13.9 Å². The summed E-state index contributed by atoms with van der Waals surface area (Å²) in [5.41, 5.74) is 1.18. The van der Waals surface area contributed by atoms with Gasteiger partial charge in [0.05, 0.1) is 11.0 Å². The van der Waals surface area contributed by atoms with E-state index in [1.807, 2.05) is 0 Å². The molecule has 0 saturated carbocycles. The molecule has 74 valence electrons. The van der Waals surface area contributed by atoms with Crippen LogP contribution in [0, 0.1) is 12.7 Å². The average Bonchev–Trinajstić information content (AvgIpc) is 2.34. The molecule has 2 rings (SSSR count). The van der Waals surface area contributed by atoms with E-state index in [0.717, 1.165) is 4.68 Å². The number of rotatable bonds is 0. The Bertz CT molecular complexity index is 519. The van der Waals surface area contributed by atoms with Gasteiger partial charge in [0.2, 0.25) is 0 Å². The third-order valence-corrected chi connectivity index (χ3v) is 2.37. The smallest absolute Gasteiger partial charge is 0.335 e. The van der Waals surface area contributed by atoms with Gasteiger partial charge in [-0.2, -0.15) is 0 Å². The summed E-state index contributed by atoms with van der Waals surface area (Å²) in [6, 6.07) is 2.88. The average molecular weight is 195 g/mol. The van der Waals surface area contributed by atoms with Crippen molar-refractivity contribution in [3.05, 3.63) is 34.0 Å². The summed E-state index contributed by atoms with van der Waals surface area (Å²) in [4.78, 5) is 11.4. The van der Waals surface area contributed by atoms with E-state index in [-0.39, 0.29) is 11.5 Å². The van der Waals surface area contributed by atoms with Crippen LogP contribution < -0.4 is 11.5 Å². The molecule has 4 nitrogen and oxygen atoms in total. The minimum atomic E-state index is -0.359. The van der Waals surface area contributed by atoms with Gasteiger partial charge >= 0.3 is 5.69 Å². The predicted octanol–water partition coefficient (Wildman–Crippen LogP) is 0.501. The van der Waals surface area contributed by atoms with E-state index in [2.05, 4.69) is 0 Å². The van der Waals surface area contributed by atoms with E-state index >= 15 is 0 Å². The van der Waals surface area contributed by atoms with Gasteiger partial charge in [0.15, 0.2) is 0 Å². The quantitative estimate of drug-likeness (QED) is 0.622. The van der Waals surface area contributed by atoms with Gasteiger partial charge in [-0.1, -0.05) is 0 Å². The number of nitrogens with zero attached hydrogens (tertiary/aromatic N) is 2. The lowest BCUT2D eigenvalue weighted by atomic mass is 10.2. The monoisotopic (exact) mass is 195 g/mol. The van der Waals surface area contributed by atoms with Crippen LogP contribution in [0.4, 0.5) is 4.39 Å². The number of aryl methyl sites for hydroxylation is 2. The SMILES string of the molecule is Cc1cc2c(cc1F)n(N)c(=O)n2C. The number of hydrogen-bond donors (Lipinski definition) is 1. The van der Waals surface area contributed by atoms with Gasteiger partial charge in [0.1, 0.15) is 5.82 Å². The third-order valence-electron chi connectivity index (χ3n) is 2.37. The van der Waals surface area contributed by atoms with Crippen molar-refractivity contribution in [1.29, 1.82) is 0 Å². The van der Waals surface area contributed by atoms with Crippen LogP contribution in [-0.4, -0.2) is 9.24 Å². The van der Waals surface area contributed by atoms with Gasteiger partial charge in [-0.05, 0) is 18.6 Å². The van der Waals surface area contributed by atoms with Crippen LogP contribution in [0.1, 0.15) is 5.56 Å². The summed E-state index contributed by atoms with van der Waals surface area (Å²) in [6.07, 6.45) is 0. The van der Waals surface area contributed by atoms with E-state index in [1.165, 1.54) is 10.6 Å². The number of benzene rings is 1. The summed E-state index contributed by atoms with van der Waals surface area (Å²) >= 11 is 0. The Balaban J connectivity index is 3.04. The standard InChI is InChI=1S/C9H10FN3O/c1-5-3-7-8(4-6(5)10)13(11)9(14)12(7)2/h3-4H,11H2,1-2H3. The molecule has 0 unspecified atom stereocenters. The number of hydrogen-bond acceptors (Lipinski definition) is 2. The van der Waals surface area contributed by atoms with Gasteiger partial charge in [0.25, 0.3) is 0 Å². The first-order valence-corrected chi connectivity index (χ1v) is 4.15. The van der Waals surface area contributed by atoms with Crippen LogP contribution in [0.25, 0.3) is 11.0 Å². The number of nitrogen functional groups attached to an aromatic ring is 1. The zero-order valence-corrected chi connectivity index (χ0v) is 7.91. The molecule has 0 aliphatic heterocycles. The molecule has 0 amide bonds. The highest BCUT2D eigenvalue weighted by Crippen LogP contribution is 2.15. The van der Waals surface area contributed by atoms with E-state index in [0.29, 0.717) is 16.6 Å². The van der Waals surface area contributed by atoms with Crippen LogP contribution >= 0.6 is 0 Å². The Labute approximate surface area is 79.3 Å². The lowest BCUT2D eigenvalue weighted by Crippen LogP contribution is -2.27.